The van der Waals surface area contributed by atoms with E-state index < -0.39 is 6.16 Å². The summed E-state index contributed by atoms with van der Waals surface area (Å²) in [5.74, 6) is 0. The number of hydrogen-bond donors (Lipinski definition) is 0. The fourth-order valence-electron chi connectivity index (χ4n) is 1.05. The van der Waals surface area contributed by atoms with Gasteiger partial charge in [-0.05, 0) is 13.3 Å². The lowest BCUT2D eigenvalue weighted by molar-refractivity contribution is 0.0287. The molecule has 90 valence electrons. The van der Waals surface area contributed by atoms with Crippen molar-refractivity contribution in [1.82, 2.24) is 0 Å². The van der Waals surface area contributed by atoms with Crippen LogP contribution in [0.4, 0.5) is 4.79 Å². The Morgan fingerprint density at radius 1 is 0.933 bits per heavy atom. The zero-order chi connectivity index (χ0) is 11.4. The van der Waals surface area contributed by atoms with Gasteiger partial charge in [0.2, 0.25) is 0 Å². The van der Waals surface area contributed by atoms with Crippen LogP contribution in [0.25, 0.3) is 0 Å². The molecule has 0 amide bonds. The fourth-order valence-corrected chi connectivity index (χ4v) is 1.05. The Hall–Kier alpha value is -0.770. The fraction of sp³-hybridized carbons (Fsp3) is 0.909. The highest BCUT2D eigenvalue weighted by atomic mass is 16.7. The molecule has 0 radical (unpaired) electrons. The zero-order valence-electron chi connectivity index (χ0n) is 9.79. The molecular weight excluding hydrogens is 196 g/mol. The summed E-state index contributed by atoms with van der Waals surface area (Å²) in [6.45, 7) is 5.82. The Kier molecular flexibility index (Phi) is 10.7. The normalized spacial score (nSPS) is 10.0. The molecule has 0 N–H and O–H groups in total. The van der Waals surface area contributed by atoms with Gasteiger partial charge >= 0.3 is 6.16 Å². The van der Waals surface area contributed by atoms with Crippen molar-refractivity contribution < 1.29 is 19.0 Å². The van der Waals surface area contributed by atoms with E-state index in [1.54, 1.807) is 0 Å². The molecule has 0 saturated carbocycles. The molecular formula is C11H22O4. The van der Waals surface area contributed by atoms with Crippen LogP contribution in [-0.2, 0) is 14.2 Å². The van der Waals surface area contributed by atoms with Gasteiger partial charge in [-0.2, -0.15) is 0 Å². The third-order valence-corrected chi connectivity index (χ3v) is 1.87. The maximum absolute atomic E-state index is 10.9. The van der Waals surface area contributed by atoms with Crippen LogP contribution in [0.15, 0.2) is 0 Å². The van der Waals surface area contributed by atoms with Crippen molar-refractivity contribution in [1.29, 1.82) is 0 Å². The average molecular weight is 218 g/mol. The largest absolute Gasteiger partial charge is 0.508 e. The van der Waals surface area contributed by atoms with Crippen LogP contribution in [0.2, 0.25) is 0 Å². The molecule has 0 fully saturated rings. The Balaban J connectivity index is 3.11. The summed E-state index contributed by atoms with van der Waals surface area (Å²) in [5.41, 5.74) is 0. The van der Waals surface area contributed by atoms with Gasteiger partial charge in [0, 0.05) is 6.61 Å². The topological polar surface area (TPSA) is 44.8 Å². The minimum atomic E-state index is -0.591. The van der Waals surface area contributed by atoms with Crippen molar-refractivity contribution in [3.05, 3.63) is 0 Å². The van der Waals surface area contributed by atoms with Crippen molar-refractivity contribution in [2.75, 3.05) is 26.4 Å². The first-order valence-electron chi connectivity index (χ1n) is 5.68. The second-order valence-corrected chi connectivity index (χ2v) is 3.20. The summed E-state index contributed by atoms with van der Waals surface area (Å²) in [6, 6.07) is 0. The summed E-state index contributed by atoms with van der Waals surface area (Å²) >= 11 is 0. The van der Waals surface area contributed by atoms with Gasteiger partial charge in [0.25, 0.3) is 0 Å². The highest BCUT2D eigenvalue weighted by Gasteiger charge is 2.02. The predicted molar refractivity (Wildman–Crippen MR) is 57.9 cm³/mol. The predicted octanol–water partition coefficient (Wildman–Crippen LogP) is 2.76. The highest BCUT2D eigenvalue weighted by molar-refractivity contribution is 5.59. The van der Waals surface area contributed by atoms with Gasteiger partial charge in [0.15, 0.2) is 0 Å². The first-order valence-corrected chi connectivity index (χ1v) is 5.68. The Morgan fingerprint density at radius 2 is 1.67 bits per heavy atom. The van der Waals surface area contributed by atoms with Gasteiger partial charge in [-0.1, -0.05) is 26.2 Å². The molecule has 0 aliphatic heterocycles. The lowest BCUT2D eigenvalue weighted by Gasteiger charge is -2.05. The van der Waals surface area contributed by atoms with Crippen molar-refractivity contribution in [3.63, 3.8) is 0 Å². The van der Waals surface area contributed by atoms with Crippen LogP contribution in [0.5, 0.6) is 0 Å². The maximum atomic E-state index is 10.9. The van der Waals surface area contributed by atoms with Gasteiger partial charge in [-0.3, -0.25) is 0 Å². The Labute approximate surface area is 91.9 Å². The third-order valence-electron chi connectivity index (χ3n) is 1.87. The molecule has 0 spiro atoms. The standard InChI is InChI=1S/C11H22O4/c1-3-5-6-7-8-14-11(12)15-10-9-13-4-2/h3-10H2,1-2H3. The number of carbonyl (C=O) groups excluding carboxylic acids is 1. The van der Waals surface area contributed by atoms with E-state index in [-0.39, 0.29) is 6.61 Å². The number of unbranched alkanes of at least 4 members (excludes halogenated alkanes) is 3. The van der Waals surface area contributed by atoms with Crippen LogP contribution in [0.1, 0.15) is 39.5 Å². The molecule has 0 aromatic heterocycles. The zero-order valence-corrected chi connectivity index (χ0v) is 9.79. The molecule has 0 atom stereocenters. The maximum Gasteiger partial charge on any atom is 0.508 e. The molecule has 0 heterocycles. The van der Waals surface area contributed by atoms with E-state index in [4.69, 9.17) is 14.2 Å². The molecule has 15 heavy (non-hydrogen) atoms. The van der Waals surface area contributed by atoms with Crippen molar-refractivity contribution >= 4 is 6.16 Å². The van der Waals surface area contributed by atoms with Crippen LogP contribution in [0.3, 0.4) is 0 Å². The first-order chi connectivity index (χ1) is 7.31. The summed E-state index contributed by atoms with van der Waals surface area (Å²) < 4.78 is 14.6. The van der Waals surface area contributed by atoms with Crippen molar-refractivity contribution in [3.8, 4) is 0 Å². The monoisotopic (exact) mass is 218 g/mol. The summed E-state index contributed by atoms with van der Waals surface area (Å²) in [5, 5.41) is 0. The quantitative estimate of drug-likeness (QED) is 0.441. The lowest BCUT2D eigenvalue weighted by atomic mass is 10.2. The SMILES string of the molecule is CCCCCCOC(=O)OCCOCC. The molecule has 4 heteroatoms. The molecule has 0 aliphatic rings. The van der Waals surface area contributed by atoms with E-state index in [1.165, 1.54) is 12.8 Å². The molecule has 0 aliphatic carbocycles. The molecule has 0 aromatic carbocycles. The van der Waals surface area contributed by atoms with Crippen LogP contribution in [-0.4, -0.2) is 32.6 Å². The molecule has 0 aromatic rings. The minimum absolute atomic E-state index is 0.266. The van der Waals surface area contributed by atoms with Crippen molar-refractivity contribution in [2.45, 2.75) is 39.5 Å². The Morgan fingerprint density at radius 3 is 2.33 bits per heavy atom. The first kappa shape index (κ1) is 14.2. The number of carbonyl (C=O) groups is 1. The molecule has 0 bridgehead atoms. The van der Waals surface area contributed by atoms with Gasteiger partial charge in [0.05, 0.1) is 13.2 Å². The molecule has 0 rings (SSSR count). The van der Waals surface area contributed by atoms with Crippen LogP contribution < -0.4 is 0 Å². The van der Waals surface area contributed by atoms with Gasteiger partial charge in [-0.15, -0.1) is 0 Å². The van der Waals surface area contributed by atoms with Gasteiger partial charge in [-0.25, -0.2) is 4.79 Å². The van der Waals surface area contributed by atoms with E-state index in [0.29, 0.717) is 19.8 Å². The van der Waals surface area contributed by atoms with Gasteiger partial charge < -0.3 is 14.2 Å². The van der Waals surface area contributed by atoms with Crippen LogP contribution in [0, 0.1) is 0 Å². The van der Waals surface area contributed by atoms with Crippen LogP contribution >= 0.6 is 0 Å². The molecule has 0 saturated heterocycles. The highest BCUT2D eigenvalue weighted by Crippen LogP contribution is 1.99. The Bertz CT molecular complexity index is 148. The van der Waals surface area contributed by atoms with E-state index in [2.05, 4.69) is 6.92 Å². The second kappa shape index (κ2) is 11.3. The molecule has 4 nitrogen and oxygen atoms in total. The lowest BCUT2D eigenvalue weighted by Crippen LogP contribution is -2.12. The van der Waals surface area contributed by atoms with Crippen molar-refractivity contribution in [2.24, 2.45) is 0 Å². The number of hydrogen-bond acceptors (Lipinski definition) is 4. The number of ether oxygens (including phenoxy) is 3. The summed E-state index contributed by atoms with van der Waals surface area (Å²) in [7, 11) is 0. The van der Waals surface area contributed by atoms with E-state index in [9.17, 15) is 4.79 Å². The molecule has 0 unspecified atom stereocenters. The average Bonchev–Trinajstić information content (AvgIpc) is 2.24. The summed E-state index contributed by atoms with van der Waals surface area (Å²) in [4.78, 5) is 10.9. The van der Waals surface area contributed by atoms with Gasteiger partial charge in [0.1, 0.15) is 6.61 Å². The van der Waals surface area contributed by atoms with E-state index >= 15 is 0 Å². The smallest absolute Gasteiger partial charge is 0.434 e. The third kappa shape index (κ3) is 11.2. The number of rotatable bonds is 9. The van der Waals surface area contributed by atoms with E-state index in [1.807, 2.05) is 6.92 Å². The summed E-state index contributed by atoms with van der Waals surface area (Å²) in [6.07, 6.45) is 3.78. The van der Waals surface area contributed by atoms with E-state index in [0.717, 1.165) is 12.8 Å². The second-order valence-electron chi connectivity index (χ2n) is 3.20. The minimum Gasteiger partial charge on any atom is -0.434 e.